The number of urea groups is 1. The van der Waals surface area contributed by atoms with E-state index in [1.54, 1.807) is 41.5 Å². The van der Waals surface area contributed by atoms with Crippen molar-refractivity contribution in [2.24, 2.45) is 0 Å². The maximum absolute atomic E-state index is 14.0. The minimum atomic E-state index is -1.24. The largest absolute Gasteiger partial charge is 0.460 e. The van der Waals surface area contributed by atoms with Crippen LogP contribution in [0.1, 0.15) is 114 Å². The Labute approximate surface area is 416 Å². The Morgan fingerprint density at radius 2 is 1.15 bits per heavy atom. The second kappa shape index (κ2) is 24.6. The molecule has 4 N–H and O–H groups in total. The predicted octanol–water partition coefficient (Wildman–Crippen LogP) is 9.38. The van der Waals surface area contributed by atoms with E-state index in [-0.39, 0.29) is 51.4 Å². The van der Waals surface area contributed by atoms with Crippen molar-refractivity contribution in [3.63, 3.8) is 0 Å². The number of nitrogens with one attached hydrogen (secondary N) is 4. The van der Waals surface area contributed by atoms with E-state index in [1.165, 1.54) is 0 Å². The molecule has 0 saturated heterocycles. The van der Waals surface area contributed by atoms with Crippen molar-refractivity contribution in [3.8, 4) is 11.1 Å². The fraction of sp³-hybridized carbons (Fsp3) is 0.404. The molecule has 376 valence electrons. The average molecular weight is 969 g/mol. The first-order valence-corrected chi connectivity index (χ1v) is 24.5. The fourth-order valence-electron chi connectivity index (χ4n) is 8.41. The molecule has 71 heavy (non-hydrogen) atoms. The van der Waals surface area contributed by atoms with E-state index < -0.39 is 65.3 Å². The molecule has 14 heteroatoms. The van der Waals surface area contributed by atoms with E-state index >= 15 is 0 Å². The summed E-state index contributed by atoms with van der Waals surface area (Å²) < 4.78 is 22.5. The monoisotopic (exact) mass is 968 g/mol. The van der Waals surface area contributed by atoms with Gasteiger partial charge >= 0.3 is 30.0 Å². The van der Waals surface area contributed by atoms with E-state index in [0.29, 0.717) is 12.8 Å². The van der Waals surface area contributed by atoms with Gasteiger partial charge in [-0.3, -0.25) is 9.59 Å². The summed E-state index contributed by atoms with van der Waals surface area (Å²) in [4.78, 5) is 80.7. The Kier molecular flexibility index (Phi) is 18.4. The van der Waals surface area contributed by atoms with Gasteiger partial charge in [-0.05, 0) is 123 Å². The first-order chi connectivity index (χ1) is 33.9. The molecule has 4 amide bonds. The number of esters is 3. The van der Waals surface area contributed by atoms with Gasteiger partial charge in [0.15, 0.2) is 0 Å². The third-order valence-corrected chi connectivity index (χ3v) is 11.9. The fourth-order valence-corrected chi connectivity index (χ4v) is 8.41. The number of rotatable bonds is 21. The number of ether oxygens (including phenoxy) is 4. The molecule has 0 spiro atoms. The molecule has 3 atom stereocenters. The van der Waals surface area contributed by atoms with Crippen LogP contribution in [0.4, 0.5) is 9.59 Å². The molecule has 0 saturated carbocycles. The molecule has 0 heterocycles. The van der Waals surface area contributed by atoms with Gasteiger partial charge in [-0.15, -0.1) is 0 Å². The molecule has 5 aromatic rings. The number of fused-ring (bicyclic) bond motifs is 4. The molecule has 0 bridgehead atoms. The molecule has 1 aliphatic carbocycles. The van der Waals surface area contributed by atoms with Crippen LogP contribution in [0, 0.1) is 0 Å². The number of carbonyl (C=O) groups excluding carboxylic acids is 6. The van der Waals surface area contributed by atoms with Crippen LogP contribution in [-0.2, 0) is 57.6 Å². The third kappa shape index (κ3) is 16.2. The maximum atomic E-state index is 14.0. The van der Waals surface area contributed by atoms with Crippen LogP contribution in [0.15, 0.2) is 115 Å². The first kappa shape index (κ1) is 53.1. The summed E-state index contributed by atoms with van der Waals surface area (Å²) in [5.74, 6) is -2.59. The number of amides is 4. The number of benzene rings is 5. The average Bonchev–Trinajstić information content (AvgIpc) is 3.65. The van der Waals surface area contributed by atoms with E-state index in [4.69, 9.17) is 18.9 Å². The van der Waals surface area contributed by atoms with E-state index in [9.17, 15) is 28.8 Å². The van der Waals surface area contributed by atoms with E-state index in [1.807, 2.05) is 110 Å². The minimum Gasteiger partial charge on any atom is -0.460 e. The molecule has 6 rings (SSSR count). The van der Waals surface area contributed by atoms with Crippen molar-refractivity contribution in [1.29, 1.82) is 0 Å². The molecular weight excluding hydrogens is 901 g/mol. The zero-order valence-electron chi connectivity index (χ0n) is 41.9. The van der Waals surface area contributed by atoms with Crippen LogP contribution in [0.3, 0.4) is 0 Å². The van der Waals surface area contributed by atoms with Crippen molar-refractivity contribution < 1.29 is 47.7 Å². The quantitative estimate of drug-likeness (QED) is 0.0314. The zero-order valence-corrected chi connectivity index (χ0v) is 41.9. The van der Waals surface area contributed by atoms with E-state index in [0.717, 1.165) is 56.1 Å². The van der Waals surface area contributed by atoms with Gasteiger partial charge in [0.1, 0.15) is 42.5 Å². The van der Waals surface area contributed by atoms with Crippen molar-refractivity contribution in [1.82, 2.24) is 21.3 Å². The number of hydrogen-bond donors (Lipinski definition) is 4. The topological polar surface area (TPSA) is 187 Å². The van der Waals surface area contributed by atoms with Crippen molar-refractivity contribution in [3.05, 3.63) is 143 Å². The second-order valence-electron chi connectivity index (χ2n) is 19.9. The lowest BCUT2D eigenvalue weighted by atomic mass is 9.98. The summed E-state index contributed by atoms with van der Waals surface area (Å²) in [6.07, 6.45) is 0.887. The first-order valence-electron chi connectivity index (χ1n) is 24.5. The summed E-state index contributed by atoms with van der Waals surface area (Å²) in [6.45, 7) is 12.5. The van der Waals surface area contributed by atoms with Crippen LogP contribution in [0.2, 0.25) is 0 Å². The molecule has 0 radical (unpaired) electrons. The number of hydrogen-bond acceptors (Lipinski definition) is 10. The molecule has 0 unspecified atom stereocenters. The normalized spacial score (nSPS) is 13.4. The Morgan fingerprint density at radius 3 is 1.79 bits per heavy atom. The lowest BCUT2D eigenvalue weighted by molar-refractivity contribution is -0.158. The third-order valence-electron chi connectivity index (χ3n) is 11.9. The summed E-state index contributed by atoms with van der Waals surface area (Å²) in [5, 5.41) is 13.1. The van der Waals surface area contributed by atoms with Crippen molar-refractivity contribution in [2.75, 3.05) is 13.2 Å². The highest BCUT2D eigenvalue weighted by atomic mass is 16.6. The molecule has 0 aliphatic heterocycles. The molecule has 0 aromatic heterocycles. The summed E-state index contributed by atoms with van der Waals surface area (Å²) >= 11 is 0. The smallest absolute Gasteiger partial charge is 0.407 e. The Morgan fingerprint density at radius 1 is 0.577 bits per heavy atom. The Hall–Kier alpha value is -7.22. The van der Waals surface area contributed by atoms with Gasteiger partial charge in [0.25, 0.3) is 0 Å². The lowest BCUT2D eigenvalue weighted by Crippen LogP contribution is -2.52. The zero-order chi connectivity index (χ0) is 51.1. The summed E-state index contributed by atoms with van der Waals surface area (Å²) in [5.41, 5.74) is 5.44. The van der Waals surface area contributed by atoms with Crippen LogP contribution < -0.4 is 21.3 Å². The van der Waals surface area contributed by atoms with Crippen LogP contribution in [-0.4, -0.2) is 78.4 Å². The molecular formula is C57H68N4O10. The van der Waals surface area contributed by atoms with Gasteiger partial charge in [0.2, 0.25) is 5.91 Å². The Bertz CT molecular complexity index is 2610. The van der Waals surface area contributed by atoms with Gasteiger partial charge in [0, 0.05) is 25.3 Å². The van der Waals surface area contributed by atoms with Crippen LogP contribution in [0.25, 0.3) is 21.9 Å². The maximum Gasteiger partial charge on any atom is 0.407 e. The van der Waals surface area contributed by atoms with Crippen LogP contribution in [0.5, 0.6) is 0 Å². The van der Waals surface area contributed by atoms with Crippen molar-refractivity contribution in [2.45, 2.75) is 135 Å². The number of aryl methyl sites for hydroxylation is 1. The molecule has 5 aromatic carbocycles. The highest BCUT2D eigenvalue weighted by Gasteiger charge is 2.32. The second-order valence-corrected chi connectivity index (χ2v) is 19.9. The number of alkyl carbamates (subject to hydrolysis) is 1. The van der Waals surface area contributed by atoms with Gasteiger partial charge in [-0.25, -0.2) is 19.2 Å². The lowest BCUT2D eigenvalue weighted by Gasteiger charge is -2.26. The summed E-state index contributed by atoms with van der Waals surface area (Å²) in [7, 11) is 0. The van der Waals surface area contributed by atoms with E-state index in [2.05, 4.69) is 33.4 Å². The highest BCUT2D eigenvalue weighted by Crippen LogP contribution is 2.44. The Balaban J connectivity index is 1.09. The van der Waals surface area contributed by atoms with Gasteiger partial charge in [-0.1, -0.05) is 122 Å². The number of carbonyl (C=O) groups is 6. The van der Waals surface area contributed by atoms with Gasteiger partial charge in [0.05, 0.1) is 0 Å². The minimum absolute atomic E-state index is 0.0373. The molecule has 0 fully saturated rings. The van der Waals surface area contributed by atoms with Gasteiger partial charge < -0.3 is 40.2 Å². The van der Waals surface area contributed by atoms with Crippen molar-refractivity contribution >= 4 is 46.7 Å². The predicted molar refractivity (Wildman–Crippen MR) is 272 cm³/mol. The highest BCUT2D eigenvalue weighted by molar-refractivity contribution is 5.89. The number of unbranched alkanes of at least 4 members (excludes halogenated alkanes) is 1. The molecule has 14 nitrogen and oxygen atoms in total. The SMILES string of the molecule is CCc1ccc(COC(=O)[C@H](CCCCNC(=O)[C@H](Cc2ccc3ccccc3c2)NC(=O)OCC2c3ccccc3-c3ccccc32)NC(=O)N[C@@H](CCC(=O)OC(C)(C)C)C(=O)OC(C)(C)C)cc1. The van der Waals surface area contributed by atoms with Crippen LogP contribution >= 0.6 is 0 Å². The summed E-state index contributed by atoms with van der Waals surface area (Å²) in [6, 6.07) is 33.3. The molecule has 1 aliphatic rings. The standard InChI is InChI=1S/C57H68N4O10/c1-8-37-24-26-38(27-25-37)35-68-52(64)47(59-54(66)60-48(53(65)71-57(5,6)7)30-31-50(62)70-56(2,3)4)23-15-16-32-58-51(63)49(34-39-28-29-40-17-9-10-18-41(40)33-39)61-55(67)69-36-46-44-21-13-11-19-42(44)43-20-12-14-22-45(43)46/h9-14,17-22,24-29,33,46-49H,8,15-16,23,30-32,34-36H2,1-7H3,(H,58,63)(H,61,67)(H2,59,60,66)/t47-,48-,49-/m0/s1. The van der Waals surface area contributed by atoms with Gasteiger partial charge in [-0.2, -0.15) is 0 Å².